The summed E-state index contributed by atoms with van der Waals surface area (Å²) in [6.45, 7) is 0.166. The monoisotopic (exact) mass is 353 g/mol. The molecule has 9 heteroatoms. The Bertz CT molecular complexity index is 868. The molecule has 0 aliphatic carbocycles. The van der Waals surface area contributed by atoms with Gasteiger partial charge in [-0.15, -0.1) is 0 Å². The van der Waals surface area contributed by atoms with Crippen molar-refractivity contribution in [1.29, 1.82) is 0 Å². The molecule has 1 aliphatic rings. The molecule has 1 atom stereocenters. The predicted octanol–water partition coefficient (Wildman–Crippen LogP) is 2.71. The Kier molecular flexibility index (Phi) is 4.12. The Morgan fingerprint density at radius 1 is 1.21 bits per heavy atom. The molecule has 1 fully saturated rings. The van der Waals surface area contributed by atoms with Gasteiger partial charge in [0.25, 0.3) is 0 Å². The molecule has 24 heavy (non-hydrogen) atoms. The Morgan fingerprint density at radius 2 is 1.92 bits per heavy atom. The van der Waals surface area contributed by atoms with Crippen LogP contribution >= 0.6 is 0 Å². The number of hydrogen-bond donors (Lipinski definition) is 1. The number of ether oxygens (including phenoxy) is 1. The maximum absolute atomic E-state index is 13.0. The molecule has 0 spiro atoms. The van der Waals surface area contributed by atoms with Crippen LogP contribution in [0.15, 0.2) is 48.5 Å². The van der Waals surface area contributed by atoms with Crippen molar-refractivity contribution in [1.82, 2.24) is 0 Å². The number of carbonyl (C=O) groups is 1. The Labute approximate surface area is 137 Å². The second kappa shape index (κ2) is 6.10. The maximum atomic E-state index is 13.0. The van der Waals surface area contributed by atoms with Gasteiger partial charge in [0.1, 0.15) is 17.7 Å². The summed E-state index contributed by atoms with van der Waals surface area (Å²) in [7, 11) is -4.66. The van der Waals surface area contributed by atoms with Gasteiger partial charge in [-0.3, -0.25) is 9.45 Å². The van der Waals surface area contributed by atoms with Gasteiger partial charge < -0.3 is 8.92 Å². The van der Waals surface area contributed by atoms with Crippen LogP contribution in [0, 0.1) is 5.82 Å². The molecule has 1 unspecified atom stereocenters. The first-order valence-corrected chi connectivity index (χ1v) is 8.19. The standard InChI is InChI=1S/C15H12FNO6S/c16-11-6-4-10(5-7-11)14-9-17(15(18)22-14)12-2-1-3-13(8-12)23-24(19,20)21/h1-8,14H,9H2,(H,19,20,21). The van der Waals surface area contributed by atoms with Gasteiger partial charge >= 0.3 is 16.5 Å². The number of amides is 1. The summed E-state index contributed by atoms with van der Waals surface area (Å²) in [6, 6.07) is 11.2. The molecule has 1 aliphatic heterocycles. The fraction of sp³-hybridized carbons (Fsp3) is 0.133. The molecule has 0 radical (unpaired) electrons. The summed E-state index contributed by atoms with van der Waals surface area (Å²) >= 11 is 0. The Morgan fingerprint density at radius 3 is 2.58 bits per heavy atom. The number of anilines is 1. The van der Waals surface area contributed by atoms with Gasteiger partial charge in [-0.25, -0.2) is 9.18 Å². The van der Waals surface area contributed by atoms with Gasteiger partial charge in [0, 0.05) is 6.07 Å². The van der Waals surface area contributed by atoms with E-state index in [1.165, 1.54) is 47.4 Å². The summed E-state index contributed by atoms with van der Waals surface area (Å²) in [5.74, 6) is -0.539. The van der Waals surface area contributed by atoms with E-state index in [9.17, 15) is 17.6 Å². The number of benzene rings is 2. The topological polar surface area (TPSA) is 93.1 Å². The lowest BCUT2D eigenvalue weighted by Crippen LogP contribution is -2.23. The van der Waals surface area contributed by atoms with Crippen LogP contribution in [0.3, 0.4) is 0 Å². The molecule has 1 N–H and O–H groups in total. The smallest absolute Gasteiger partial charge is 0.439 e. The van der Waals surface area contributed by atoms with E-state index in [-0.39, 0.29) is 12.3 Å². The van der Waals surface area contributed by atoms with Gasteiger partial charge in [-0.2, -0.15) is 8.42 Å². The second-order valence-electron chi connectivity index (χ2n) is 5.04. The van der Waals surface area contributed by atoms with Gasteiger partial charge in [-0.1, -0.05) is 18.2 Å². The summed E-state index contributed by atoms with van der Waals surface area (Å²) in [4.78, 5) is 13.3. The van der Waals surface area contributed by atoms with Crippen molar-refractivity contribution in [3.8, 4) is 5.75 Å². The van der Waals surface area contributed by atoms with E-state index in [0.29, 0.717) is 11.3 Å². The molecule has 1 saturated heterocycles. The first kappa shape index (κ1) is 16.2. The number of nitrogens with zero attached hydrogens (tertiary/aromatic N) is 1. The summed E-state index contributed by atoms with van der Waals surface area (Å²) in [6.07, 6.45) is -1.21. The van der Waals surface area contributed by atoms with E-state index in [1.54, 1.807) is 6.07 Å². The molecule has 1 heterocycles. The van der Waals surface area contributed by atoms with Crippen molar-refractivity contribution in [2.45, 2.75) is 6.10 Å². The van der Waals surface area contributed by atoms with Gasteiger partial charge in [0.05, 0.1) is 12.2 Å². The third kappa shape index (κ3) is 3.63. The van der Waals surface area contributed by atoms with E-state index >= 15 is 0 Å². The normalized spacial score (nSPS) is 17.7. The number of halogens is 1. The van der Waals surface area contributed by atoms with Crippen LogP contribution in [-0.2, 0) is 15.1 Å². The Balaban J connectivity index is 1.81. The van der Waals surface area contributed by atoms with Gasteiger partial charge in [0.2, 0.25) is 0 Å². The Hall–Kier alpha value is -2.65. The SMILES string of the molecule is O=C1OC(c2ccc(F)cc2)CN1c1cccc(OS(=O)(=O)O)c1. The first-order chi connectivity index (χ1) is 11.3. The zero-order chi connectivity index (χ0) is 17.3. The van der Waals surface area contributed by atoms with Crippen molar-refractivity contribution < 1.29 is 31.1 Å². The van der Waals surface area contributed by atoms with Crippen LogP contribution in [0.2, 0.25) is 0 Å². The molecular formula is C15H12FNO6S. The fourth-order valence-corrected chi connectivity index (χ4v) is 2.70. The quantitative estimate of drug-likeness (QED) is 0.850. The van der Waals surface area contributed by atoms with Crippen LogP contribution in [0.5, 0.6) is 5.75 Å². The van der Waals surface area contributed by atoms with E-state index in [0.717, 1.165) is 0 Å². The maximum Gasteiger partial charge on any atom is 0.446 e. The number of carbonyl (C=O) groups excluding carboxylic acids is 1. The molecule has 126 valence electrons. The zero-order valence-corrected chi connectivity index (χ0v) is 12.9. The van der Waals surface area contributed by atoms with Gasteiger partial charge in [0.15, 0.2) is 0 Å². The minimum Gasteiger partial charge on any atom is -0.439 e. The molecule has 0 saturated carbocycles. The van der Waals surface area contributed by atoms with Crippen LogP contribution in [0.25, 0.3) is 0 Å². The van der Waals surface area contributed by atoms with Crippen molar-refractivity contribution in [2.24, 2.45) is 0 Å². The van der Waals surface area contributed by atoms with E-state index < -0.39 is 28.4 Å². The lowest BCUT2D eigenvalue weighted by molar-refractivity contribution is 0.142. The van der Waals surface area contributed by atoms with Crippen molar-refractivity contribution in [3.05, 3.63) is 59.9 Å². The minimum absolute atomic E-state index is 0.145. The average Bonchev–Trinajstić information content (AvgIpc) is 2.88. The summed E-state index contributed by atoms with van der Waals surface area (Å²) in [5, 5.41) is 0. The first-order valence-electron chi connectivity index (χ1n) is 6.82. The molecule has 3 rings (SSSR count). The highest BCUT2D eigenvalue weighted by Crippen LogP contribution is 2.32. The molecule has 1 amide bonds. The molecule has 2 aromatic rings. The third-order valence-corrected chi connectivity index (χ3v) is 3.79. The second-order valence-corrected chi connectivity index (χ2v) is 6.07. The molecule has 2 aromatic carbocycles. The number of cyclic esters (lactones) is 1. The lowest BCUT2D eigenvalue weighted by Gasteiger charge is -2.14. The molecule has 7 nitrogen and oxygen atoms in total. The fourth-order valence-electron chi connectivity index (χ4n) is 2.35. The van der Waals surface area contributed by atoms with Crippen LogP contribution in [0.4, 0.5) is 14.9 Å². The average molecular weight is 353 g/mol. The minimum atomic E-state index is -4.66. The number of rotatable bonds is 4. The van der Waals surface area contributed by atoms with E-state index in [2.05, 4.69) is 4.18 Å². The summed E-state index contributed by atoms with van der Waals surface area (Å²) in [5.41, 5.74) is 0.975. The molecule has 0 bridgehead atoms. The van der Waals surface area contributed by atoms with Crippen LogP contribution in [0.1, 0.15) is 11.7 Å². The largest absolute Gasteiger partial charge is 0.446 e. The highest BCUT2D eigenvalue weighted by molar-refractivity contribution is 7.81. The van der Waals surface area contributed by atoms with Crippen molar-refractivity contribution >= 4 is 22.2 Å². The van der Waals surface area contributed by atoms with Crippen molar-refractivity contribution in [3.63, 3.8) is 0 Å². The lowest BCUT2D eigenvalue weighted by atomic mass is 10.1. The number of hydrogen-bond acceptors (Lipinski definition) is 5. The van der Waals surface area contributed by atoms with Crippen molar-refractivity contribution in [2.75, 3.05) is 11.4 Å². The predicted molar refractivity (Wildman–Crippen MR) is 81.6 cm³/mol. The zero-order valence-electron chi connectivity index (χ0n) is 12.1. The highest BCUT2D eigenvalue weighted by atomic mass is 32.3. The third-order valence-electron chi connectivity index (χ3n) is 3.38. The highest BCUT2D eigenvalue weighted by Gasteiger charge is 2.33. The van der Waals surface area contributed by atoms with E-state index in [4.69, 9.17) is 9.29 Å². The van der Waals surface area contributed by atoms with Crippen LogP contribution < -0.4 is 9.08 Å². The van der Waals surface area contributed by atoms with E-state index in [1.807, 2.05) is 0 Å². The molecule has 0 aromatic heterocycles. The molecular weight excluding hydrogens is 341 g/mol. The van der Waals surface area contributed by atoms with Crippen LogP contribution in [-0.4, -0.2) is 25.6 Å². The summed E-state index contributed by atoms with van der Waals surface area (Å²) < 4.78 is 52.8. The van der Waals surface area contributed by atoms with Gasteiger partial charge in [-0.05, 0) is 29.8 Å².